The van der Waals surface area contributed by atoms with E-state index in [-0.39, 0.29) is 11.9 Å². The lowest BCUT2D eigenvalue weighted by molar-refractivity contribution is 0.128. The Morgan fingerprint density at radius 1 is 1.25 bits per heavy atom. The second-order valence-corrected chi connectivity index (χ2v) is 6.30. The number of nitrogens with zero attached hydrogens (tertiary/aromatic N) is 1. The molecular formula is C17H27FN2. The van der Waals surface area contributed by atoms with Crippen molar-refractivity contribution in [2.24, 2.45) is 11.8 Å². The summed E-state index contributed by atoms with van der Waals surface area (Å²) in [5, 5.41) is 3.44. The largest absolute Gasteiger partial charge is 0.309 e. The maximum Gasteiger partial charge on any atom is 0.128 e. The van der Waals surface area contributed by atoms with E-state index < -0.39 is 0 Å². The van der Waals surface area contributed by atoms with Crippen LogP contribution in [0.15, 0.2) is 24.3 Å². The fourth-order valence-electron chi connectivity index (χ4n) is 3.48. The molecule has 2 nitrogen and oxygen atoms in total. The van der Waals surface area contributed by atoms with Gasteiger partial charge < -0.3 is 10.2 Å². The molecule has 0 aliphatic carbocycles. The minimum absolute atomic E-state index is 0.0821. The Bertz CT molecular complexity index is 411. The molecule has 20 heavy (non-hydrogen) atoms. The lowest BCUT2D eigenvalue weighted by atomic mass is 9.91. The number of likely N-dealkylation sites (N-methyl/N-ethyl adjacent to an activating group) is 1. The van der Waals surface area contributed by atoms with Gasteiger partial charge in [-0.1, -0.05) is 39.0 Å². The van der Waals surface area contributed by atoms with E-state index in [0.29, 0.717) is 0 Å². The molecule has 2 rings (SSSR count). The molecule has 3 heteroatoms. The van der Waals surface area contributed by atoms with Crippen LogP contribution in [0.4, 0.5) is 4.39 Å². The summed E-state index contributed by atoms with van der Waals surface area (Å²) in [6, 6.07) is 7.22. The first-order chi connectivity index (χ1) is 9.60. The number of nitrogens with one attached hydrogen (secondary N) is 1. The van der Waals surface area contributed by atoms with Gasteiger partial charge in [0.1, 0.15) is 5.82 Å². The summed E-state index contributed by atoms with van der Waals surface area (Å²) in [6.07, 6.45) is 1.31. The summed E-state index contributed by atoms with van der Waals surface area (Å²) in [6.45, 7) is 10.7. The SMILES string of the molecule is CCNC(CN1CC(C)CC(C)C1)c1ccccc1F. The number of likely N-dealkylation sites (tertiary alicyclic amines) is 1. The number of rotatable bonds is 5. The van der Waals surface area contributed by atoms with E-state index in [1.54, 1.807) is 12.1 Å². The van der Waals surface area contributed by atoms with Crippen LogP contribution >= 0.6 is 0 Å². The third kappa shape index (κ3) is 4.03. The van der Waals surface area contributed by atoms with Crippen LogP contribution in [-0.4, -0.2) is 31.1 Å². The van der Waals surface area contributed by atoms with Crippen molar-refractivity contribution in [1.82, 2.24) is 10.2 Å². The van der Waals surface area contributed by atoms with Crippen molar-refractivity contribution in [1.29, 1.82) is 0 Å². The highest BCUT2D eigenvalue weighted by molar-refractivity contribution is 5.21. The molecule has 1 heterocycles. The first kappa shape index (κ1) is 15.5. The molecule has 0 radical (unpaired) electrons. The number of hydrogen-bond acceptors (Lipinski definition) is 2. The lowest BCUT2D eigenvalue weighted by Crippen LogP contribution is -2.43. The van der Waals surface area contributed by atoms with Crippen LogP contribution in [0.25, 0.3) is 0 Å². The van der Waals surface area contributed by atoms with Gasteiger partial charge in [-0.05, 0) is 30.9 Å². The average Bonchev–Trinajstić information content (AvgIpc) is 2.37. The van der Waals surface area contributed by atoms with Crippen molar-refractivity contribution in [3.63, 3.8) is 0 Å². The van der Waals surface area contributed by atoms with E-state index in [1.165, 1.54) is 6.42 Å². The van der Waals surface area contributed by atoms with Gasteiger partial charge in [0.15, 0.2) is 0 Å². The Morgan fingerprint density at radius 2 is 1.90 bits per heavy atom. The quantitative estimate of drug-likeness (QED) is 0.887. The van der Waals surface area contributed by atoms with Gasteiger partial charge >= 0.3 is 0 Å². The third-order valence-corrected chi connectivity index (χ3v) is 4.12. The molecule has 0 amide bonds. The van der Waals surface area contributed by atoms with E-state index in [2.05, 4.69) is 31.0 Å². The normalized spacial score (nSPS) is 25.6. The molecular weight excluding hydrogens is 251 g/mol. The first-order valence-electron chi connectivity index (χ1n) is 7.80. The van der Waals surface area contributed by atoms with Crippen LogP contribution in [0, 0.1) is 17.7 Å². The molecule has 1 fully saturated rings. The molecule has 1 aromatic carbocycles. The minimum atomic E-state index is -0.100. The molecule has 112 valence electrons. The minimum Gasteiger partial charge on any atom is -0.309 e. The van der Waals surface area contributed by atoms with Crippen LogP contribution in [0.5, 0.6) is 0 Å². The van der Waals surface area contributed by atoms with Gasteiger partial charge in [0, 0.05) is 31.2 Å². The maximum atomic E-state index is 14.0. The molecule has 1 aliphatic heterocycles. The van der Waals surface area contributed by atoms with Gasteiger partial charge in [0.05, 0.1) is 0 Å². The van der Waals surface area contributed by atoms with Crippen molar-refractivity contribution in [2.45, 2.75) is 33.2 Å². The molecule has 1 aliphatic rings. The van der Waals surface area contributed by atoms with Crippen LogP contribution in [0.2, 0.25) is 0 Å². The van der Waals surface area contributed by atoms with Crippen LogP contribution < -0.4 is 5.32 Å². The zero-order valence-corrected chi connectivity index (χ0v) is 12.9. The van der Waals surface area contributed by atoms with Crippen LogP contribution in [0.3, 0.4) is 0 Å². The maximum absolute atomic E-state index is 14.0. The molecule has 1 aromatic rings. The van der Waals surface area contributed by atoms with Crippen molar-refractivity contribution in [3.05, 3.63) is 35.6 Å². The van der Waals surface area contributed by atoms with E-state index in [1.807, 2.05) is 12.1 Å². The smallest absolute Gasteiger partial charge is 0.128 e. The molecule has 3 atom stereocenters. The Kier molecular flexibility index (Phi) is 5.55. The number of halogens is 1. The van der Waals surface area contributed by atoms with Crippen molar-refractivity contribution < 1.29 is 4.39 Å². The Hall–Kier alpha value is -0.930. The summed E-state index contributed by atoms with van der Waals surface area (Å²) in [7, 11) is 0. The Labute approximate surface area is 122 Å². The van der Waals surface area contributed by atoms with Crippen LogP contribution in [-0.2, 0) is 0 Å². The molecule has 0 bridgehead atoms. The second kappa shape index (κ2) is 7.19. The summed E-state index contributed by atoms with van der Waals surface area (Å²) in [5.74, 6) is 1.37. The Morgan fingerprint density at radius 3 is 2.50 bits per heavy atom. The number of piperidine rings is 1. The van der Waals surface area contributed by atoms with E-state index in [0.717, 1.165) is 43.6 Å². The number of benzene rings is 1. The van der Waals surface area contributed by atoms with Crippen molar-refractivity contribution in [2.75, 3.05) is 26.2 Å². The summed E-state index contributed by atoms with van der Waals surface area (Å²) >= 11 is 0. The van der Waals surface area contributed by atoms with Gasteiger partial charge in [-0.15, -0.1) is 0 Å². The highest BCUT2D eigenvalue weighted by Gasteiger charge is 2.25. The molecule has 0 saturated carbocycles. The standard InChI is InChI=1S/C17H27FN2/c1-4-19-17(15-7-5-6-8-16(15)18)12-20-10-13(2)9-14(3)11-20/h5-8,13-14,17,19H,4,9-12H2,1-3H3. The van der Waals surface area contributed by atoms with Crippen molar-refractivity contribution >= 4 is 0 Å². The number of hydrogen-bond donors (Lipinski definition) is 1. The zero-order chi connectivity index (χ0) is 14.5. The fourth-order valence-corrected chi connectivity index (χ4v) is 3.48. The van der Waals surface area contributed by atoms with E-state index >= 15 is 0 Å². The summed E-state index contributed by atoms with van der Waals surface area (Å²) in [4.78, 5) is 2.48. The lowest BCUT2D eigenvalue weighted by Gasteiger charge is -2.37. The molecule has 3 unspecified atom stereocenters. The second-order valence-electron chi connectivity index (χ2n) is 6.30. The third-order valence-electron chi connectivity index (χ3n) is 4.12. The van der Waals surface area contributed by atoms with Gasteiger partial charge in [0.2, 0.25) is 0 Å². The predicted molar refractivity (Wildman–Crippen MR) is 82.2 cm³/mol. The molecule has 0 spiro atoms. The zero-order valence-electron chi connectivity index (χ0n) is 12.9. The molecule has 1 N–H and O–H groups in total. The summed E-state index contributed by atoms with van der Waals surface area (Å²) in [5.41, 5.74) is 0.792. The molecule has 0 aromatic heterocycles. The van der Waals surface area contributed by atoms with Crippen LogP contribution in [0.1, 0.15) is 38.8 Å². The van der Waals surface area contributed by atoms with E-state index in [4.69, 9.17) is 0 Å². The Balaban J connectivity index is 2.07. The van der Waals surface area contributed by atoms with Gasteiger partial charge in [-0.3, -0.25) is 0 Å². The molecule has 1 saturated heterocycles. The van der Waals surface area contributed by atoms with Gasteiger partial charge in [-0.25, -0.2) is 4.39 Å². The monoisotopic (exact) mass is 278 g/mol. The summed E-state index contributed by atoms with van der Waals surface area (Å²) < 4.78 is 14.0. The highest BCUT2D eigenvalue weighted by Crippen LogP contribution is 2.24. The van der Waals surface area contributed by atoms with Gasteiger partial charge in [0.25, 0.3) is 0 Å². The first-order valence-corrected chi connectivity index (χ1v) is 7.80. The van der Waals surface area contributed by atoms with Crippen molar-refractivity contribution in [3.8, 4) is 0 Å². The highest BCUT2D eigenvalue weighted by atomic mass is 19.1. The average molecular weight is 278 g/mol. The predicted octanol–water partition coefficient (Wildman–Crippen LogP) is 3.45. The topological polar surface area (TPSA) is 15.3 Å². The van der Waals surface area contributed by atoms with E-state index in [9.17, 15) is 4.39 Å². The van der Waals surface area contributed by atoms with Gasteiger partial charge in [-0.2, -0.15) is 0 Å². The fraction of sp³-hybridized carbons (Fsp3) is 0.647.